The van der Waals surface area contributed by atoms with E-state index in [1.54, 1.807) is 23.1 Å². The van der Waals surface area contributed by atoms with Crippen LogP contribution >= 0.6 is 23.1 Å². The number of thioether (sulfide) groups is 1. The van der Waals surface area contributed by atoms with Gasteiger partial charge in [0, 0.05) is 37.8 Å². The van der Waals surface area contributed by atoms with Crippen LogP contribution in [0.15, 0.2) is 11.6 Å². The summed E-state index contributed by atoms with van der Waals surface area (Å²) in [5.74, 6) is 0.850. The fourth-order valence-electron chi connectivity index (χ4n) is 1.73. The van der Waals surface area contributed by atoms with Gasteiger partial charge in [0.1, 0.15) is 0 Å². The van der Waals surface area contributed by atoms with Crippen LogP contribution in [0.5, 0.6) is 0 Å². The van der Waals surface area contributed by atoms with Crippen LogP contribution in [-0.4, -0.2) is 54.0 Å². The SMILES string of the molecule is CSCC(=O)N1CCN(c2nccs2)CC1. The summed E-state index contributed by atoms with van der Waals surface area (Å²) < 4.78 is 0. The molecule has 0 saturated carbocycles. The molecule has 1 saturated heterocycles. The molecule has 1 aromatic heterocycles. The second-order valence-electron chi connectivity index (χ2n) is 3.62. The number of carbonyl (C=O) groups excluding carboxylic acids is 1. The second kappa shape index (κ2) is 5.54. The Balaban J connectivity index is 1.85. The fraction of sp³-hybridized carbons (Fsp3) is 0.600. The summed E-state index contributed by atoms with van der Waals surface area (Å²) in [6.07, 6.45) is 3.79. The number of hydrogen-bond acceptors (Lipinski definition) is 5. The highest BCUT2D eigenvalue weighted by Crippen LogP contribution is 2.18. The van der Waals surface area contributed by atoms with Crippen molar-refractivity contribution < 1.29 is 4.79 Å². The number of rotatable bonds is 3. The van der Waals surface area contributed by atoms with Gasteiger partial charge in [0.15, 0.2) is 5.13 Å². The summed E-state index contributed by atoms with van der Waals surface area (Å²) in [6, 6.07) is 0. The van der Waals surface area contributed by atoms with Gasteiger partial charge < -0.3 is 9.80 Å². The predicted octanol–water partition coefficient (Wildman–Crippen LogP) is 1.15. The van der Waals surface area contributed by atoms with E-state index >= 15 is 0 Å². The molecule has 1 aromatic rings. The van der Waals surface area contributed by atoms with E-state index in [0.717, 1.165) is 31.3 Å². The third-order valence-corrected chi connectivity index (χ3v) is 3.96. The molecule has 6 heteroatoms. The molecule has 88 valence electrons. The zero-order chi connectivity index (χ0) is 11.4. The molecule has 1 amide bonds. The Morgan fingerprint density at radius 1 is 1.50 bits per heavy atom. The summed E-state index contributed by atoms with van der Waals surface area (Å²) in [5, 5.41) is 3.05. The number of amides is 1. The van der Waals surface area contributed by atoms with Gasteiger partial charge in [0.25, 0.3) is 0 Å². The minimum Gasteiger partial charge on any atom is -0.345 e. The molecule has 1 aliphatic heterocycles. The monoisotopic (exact) mass is 257 g/mol. The lowest BCUT2D eigenvalue weighted by Crippen LogP contribution is -2.49. The van der Waals surface area contributed by atoms with Crippen LogP contribution in [0.3, 0.4) is 0 Å². The highest BCUT2D eigenvalue weighted by molar-refractivity contribution is 7.99. The average molecular weight is 257 g/mol. The van der Waals surface area contributed by atoms with Gasteiger partial charge in [-0.25, -0.2) is 4.98 Å². The molecule has 1 fully saturated rings. The topological polar surface area (TPSA) is 36.4 Å². The van der Waals surface area contributed by atoms with Crippen molar-refractivity contribution in [3.63, 3.8) is 0 Å². The Bertz CT molecular complexity index is 334. The van der Waals surface area contributed by atoms with E-state index in [1.807, 2.05) is 22.7 Å². The van der Waals surface area contributed by atoms with Crippen LogP contribution < -0.4 is 4.90 Å². The standard InChI is InChI=1S/C10H15N3OS2/c1-15-8-9(14)12-3-5-13(6-4-12)10-11-2-7-16-10/h2,7H,3-6,8H2,1H3. The first-order chi connectivity index (χ1) is 7.81. The highest BCUT2D eigenvalue weighted by Gasteiger charge is 2.21. The predicted molar refractivity (Wildman–Crippen MR) is 69.3 cm³/mol. The van der Waals surface area contributed by atoms with Crippen molar-refractivity contribution in [2.75, 3.05) is 43.1 Å². The van der Waals surface area contributed by atoms with Gasteiger partial charge >= 0.3 is 0 Å². The lowest BCUT2D eigenvalue weighted by atomic mass is 10.3. The van der Waals surface area contributed by atoms with E-state index in [2.05, 4.69) is 9.88 Å². The maximum absolute atomic E-state index is 11.7. The third-order valence-electron chi connectivity index (χ3n) is 2.59. The molecule has 2 rings (SSSR count). The van der Waals surface area contributed by atoms with Crippen LogP contribution in [0.25, 0.3) is 0 Å². The maximum Gasteiger partial charge on any atom is 0.232 e. The van der Waals surface area contributed by atoms with Crippen molar-refractivity contribution in [2.24, 2.45) is 0 Å². The van der Waals surface area contributed by atoms with Crippen LogP contribution in [-0.2, 0) is 4.79 Å². The largest absolute Gasteiger partial charge is 0.345 e. The van der Waals surface area contributed by atoms with Crippen molar-refractivity contribution in [1.29, 1.82) is 0 Å². The van der Waals surface area contributed by atoms with Crippen molar-refractivity contribution in [3.05, 3.63) is 11.6 Å². The van der Waals surface area contributed by atoms with Gasteiger partial charge in [-0.1, -0.05) is 0 Å². The third kappa shape index (κ3) is 2.68. The Labute approximate surface area is 104 Å². The minimum absolute atomic E-state index is 0.256. The first-order valence-electron chi connectivity index (χ1n) is 5.22. The van der Waals surface area contributed by atoms with E-state index in [4.69, 9.17) is 0 Å². The lowest BCUT2D eigenvalue weighted by Gasteiger charge is -2.34. The summed E-state index contributed by atoms with van der Waals surface area (Å²) in [4.78, 5) is 20.1. The van der Waals surface area contributed by atoms with Crippen LogP contribution in [0.4, 0.5) is 5.13 Å². The van der Waals surface area contributed by atoms with Gasteiger partial charge in [-0.3, -0.25) is 4.79 Å². The van der Waals surface area contributed by atoms with Crippen LogP contribution in [0.2, 0.25) is 0 Å². The Morgan fingerprint density at radius 2 is 2.25 bits per heavy atom. The number of nitrogens with zero attached hydrogens (tertiary/aromatic N) is 3. The van der Waals surface area contributed by atoms with E-state index < -0.39 is 0 Å². The number of thiazole rings is 1. The molecule has 4 nitrogen and oxygen atoms in total. The number of carbonyl (C=O) groups is 1. The van der Waals surface area contributed by atoms with E-state index in [9.17, 15) is 4.79 Å². The molecule has 0 bridgehead atoms. The molecule has 0 unspecified atom stereocenters. The number of anilines is 1. The first kappa shape index (κ1) is 11.7. The molecular weight excluding hydrogens is 242 g/mol. The molecular formula is C10H15N3OS2. The first-order valence-corrected chi connectivity index (χ1v) is 7.50. The molecule has 0 aliphatic carbocycles. The van der Waals surface area contributed by atoms with Crippen LogP contribution in [0, 0.1) is 0 Å². The van der Waals surface area contributed by atoms with Crippen molar-refractivity contribution in [1.82, 2.24) is 9.88 Å². The van der Waals surface area contributed by atoms with E-state index in [-0.39, 0.29) is 5.91 Å². The molecule has 2 heterocycles. The highest BCUT2D eigenvalue weighted by atomic mass is 32.2. The minimum atomic E-state index is 0.256. The van der Waals surface area contributed by atoms with E-state index in [0.29, 0.717) is 5.75 Å². The van der Waals surface area contributed by atoms with Crippen molar-refractivity contribution >= 4 is 34.1 Å². The quantitative estimate of drug-likeness (QED) is 0.814. The molecule has 0 radical (unpaired) electrons. The van der Waals surface area contributed by atoms with Crippen LogP contribution in [0.1, 0.15) is 0 Å². The van der Waals surface area contributed by atoms with Gasteiger partial charge in [0.05, 0.1) is 5.75 Å². The van der Waals surface area contributed by atoms with Gasteiger partial charge in [-0.2, -0.15) is 11.8 Å². The van der Waals surface area contributed by atoms with E-state index in [1.165, 1.54) is 0 Å². The Kier molecular flexibility index (Phi) is 4.06. The normalized spacial score (nSPS) is 16.6. The number of aromatic nitrogens is 1. The van der Waals surface area contributed by atoms with Gasteiger partial charge in [0.2, 0.25) is 5.91 Å². The maximum atomic E-state index is 11.7. The molecule has 0 spiro atoms. The summed E-state index contributed by atoms with van der Waals surface area (Å²) >= 11 is 3.24. The molecule has 0 atom stereocenters. The second-order valence-corrected chi connectivity index (χ2v) is 5.35. The number of piperazine rings is 1. The average Bonchev–Trinajstić information content (AvgIpc) is 2.83. The summed E-state index contributed by atoms with van der Waals surface area (Å²) in [5.41, 5.74) is 0. The Hall–Kier alpha value is -0.750. The smallest absolute Gasteiger partial charge is 0.232 e. The zero-order valence-corrected chi connectivity index (χ0v) is 10.9. The zero-order valence-electron chi connectivity index (χ0n) is 9.26. The Morgan fingerprint density at radius 3 is 2.81 bits per heavy atom. The molecule has 0 aromatic carbocycles. The molecule has 0 N–H and O–H groups in total. The fourth-order valence-corrected chi connectivity index (χ4v) is 2.86. The molecule has 16 heavy (non-hydrogen) atoms. The van der Waals surface area contributed by atoms with Crippen molar-refractivity contribution in [3.8, 4) is 0 Å². The van der Waals surface area contributed by atoms with Gasteiger partial charge in [-0.05, 0) is 6.26 Å². The lowest BCUT2D eigenvalue weighted by molar-refractivity contribution is -0.128. The van der Waals surface area contributed by atoms with Crippen molar-refractivity contribution in [2.45, 2.75) is 0 Å². The summed E-state index contributed by atoms with van der Waals surface area (Å²) in [7, 11) is 0. The summed E-state index contributed by atoms with van der Waals surface area (Å²) in [6.45, 7) is 3.43. The molecule has 1 aliphatic rings. The number of hydrogen-bond donors (Lipinski definition) is 0. The van der Waals surface area contributed by atoms with Gasteiger partial charge in [-0.15, -0.1) is 11.3 Å².